The Balaban J connectivity index is 0.00000162. The molecule has 0 unspecified atom stereocenters. The first-order chi connectivity index (χ1) is 8.35. The lowest BCUT2D eigenvalue weighted by atomic mass is 10.2. The van der Waals surface area contributed by atoms with Gasteiger partial charge in [0, 0.05) is 0 Å². The van der Waals surface area contributed by atoms with E-state index in [1.807, 2.05) is 12.1 Å². The van der Waals surface area contributed by atoms with Gasteiger partial charge in [-0.25, -0.2) is 4.58 Å². The minimum atomic E-state index is 0. The van der Waals surface area contributed by atoms with E-state index in [1.54, 1.807) is 18.9 Å². The van der Waals surface area contributed by atoms with E-state index in [9.17, 15) is 0 Å². The Kier molecular flexibility index (Phi) is 7.03. The van der Waals surface area contributed by atoms with Crippen LogP contribution in [0.15, 0.2) is 24.3 Å². The van der Waals surface area contributed by atoms with Crippen molar-refractivity contribution < 1.29 is 38.0 Å². The van der Waals surface area contributed by atoms with Gasteiger partial charge in [-0.05, 0) is 30.5 Å². The quantitative estimate of drug-likeness (QED) is 0.368. The van der Waals surface area contributed by atoms with Crippen molar-refractivity contribution in [3.8, 4) is 5.75 Å². The van der Waals surface area contributed by atoms with Crippen LogP contribution in [0, 0.1) is 0 Å². The summed E-state index contributed by atoms with van der Waals surface area (Å²) in [4.78, 5) is 0. The number of hydrogen-bond donors (Lipinski definition) is 0. The molecule has 5 heteroatoms. The average molecular weight is 379 g/mol. The summed E-state index contributed by atoms with van der Waals surface area (Å²) >= 11 is 1.79. The maximum atomic E-state index is 5.38. The van der Waals surface area contributed by atoms with E-state index >= 15 is 0 Å². The number of halogens is 1. The average Bonchev–Trinajstić information content (AvgIpc) is 2.42. The Morgan fingerprint density at radius 1 is 1.22 bits per heavy atom. The molecule has 0 atom stereocenters. The first-order valence-electron chi connectivity index (χ1n) is 5.73. The van der Waals surface area contributed by atoms with Crippen molar-refractivity contribution in [1.82, 2.24) is 0 Å². The minimum Gasteiger partial charge on any atom is -1.00 e. The van der Waals surface area contributed by atoms with Crippen LogP contribution in [0.25, 0.3) is 0 Å². The van der Waals surface area contributed by atoms with Crippen molar-refractivity contribution in [1.29, 1.82) is 0 Å². The molecule has 0 amide bonds. The maximum Gasteiger partial charge on any atom is 0.241 e. The molecule has 0 N–H and O–H groups in total. The standard InChI is InChI=1S/C13H18NO2S.HI/c1-15-12-5-3-11(4-6-12)13(17-2)14-7-9-16-10-8-14;/h3-6H,7-10H2,1-2H3;1H/q+1;/p-1. The third kappa shape index (κ3) is 3.86. The molecule has 1 saturated heterocycles. The first kappa shape index (κ1) is 15.8. The zero-order valence-electron chi connectivity index (χ0n) is 10.7. The lowest BCUT2D eigenvalue weighted by molar-refractivity contribution is -0.546. The van der Waals surface area contributed by atoms with E-state index in [4.69, 9.17) is 9.47 Å². The first-order valence-corrected chi connectivity index (χ1v) is 6.95. The Labute approximate surface area is 130 Å². The Morgan fingerprint density at radius 2 is 1.83 bits per heavy atom. The highest BCUT2D eigenvalue weighted by molar-refractivity contribution is 8.13. The molecule has 1 aliphatic rings. The number of hydrogen-bond acceptors (Lipinski definition) is 3. The van der Waals surface area contributed by atoms with Crippen LogP contribution in [0.1, 0.15) is 5.56 Å². The molecule has 0 saturated carbocycles. The fourth-order valence-electron chi connectivity index (χ4n) is 1.93. The molecule has 0 spiro atoms. The third-order valence-electron chi connectivity index (χ3n) is 2.83. The highest BCUT2D eigenvalue weighted by Gasteiger charge is 2.19. The summed E-state index contributed by atoms with van der Waals surface area (Å²) in [5, 5.41) is 1.32. The molecule has 0 aromatic heterocycles. The van der Waals surface area contributed by atoms with E-state index in [-0.39, 0.29) is 24.0 Å². The number of morpholine rings is 1. The van der Waals surface area contributed by atoms with Crippen molar-refractivity contribution in [2.75, 3.05) is 39.7 Å². The molecule has 1 fully saturated rings. The van der Waals surface area contributed by atoms with Gasteiger partial charge in [0.15, 0.2) is 13.1 Å². The molecule has 3 nitrogen and oxygen atoms in total. The summed E-state index contributed by atoms with van der Waals surface area (Å²) in [6, 6.07) is 8.23. The largest absolute Gasteiger partial charge is 1.00 e. The maximum absolute atomic E-state index is 5.38. The van der Waals surface area contributed by atoms with Crippen molar-refractivity contribution in [3.63, 3.8) is 0 Å². The number of ether oxygens (including phenoxy) is 2. The normalized spacial score (nSPS) is 14.9. The number of thioether (sulfide) groups is 1. The summed E-state index contributed by atoms with van der Waals surface area (Å²) in [7, 11) is 1.69. The van der Waals surface area contributed by atoms with Crippen LogP contribution in [0.4, 0.5) is 0 Å². The van der Waals surface area contributed by atoms with Crippen molar-refractivity contribution in [2.24, 2.45) is 0 Å². The fourth-order valence-corrected chi connectivity index (χ4v) is 2.74. The van der Waals surface area contributed by atoms with Crippen LogP contribution in [0.2, 0.25) is 0 Å². The lowest BCUT2D eigenvalue weighted by Crippen LogP contribution is -3.00. The highest BCUT2D eigenvalue weighted by Crippen LogP contribution is 2.16. The van der Waals surface area contributed by atoms with E-state index in [0.29, 0.717) is 0 Å². The summed E-state index contributed by atoms with van der Waals surface area (Å²) in [6.45, 7) is 3.59. The molecule has 0 radical (unpaired) electrons. The molecular weight excluding hydrogens is 361 g/mol. The second-order valence-corrected chi connectivity index (χ2v) is 4.63. The van der Waals surface area contributed by atoms with Crippen LogP contribution < -0.4 is 28.7 Å². The number of nitrogens with zero attached hydrogens (tertiary/aromatic N) is 1. The zero-order chi connectivity index (χ0) is 12.1. The summed E-state index contributed by atoms with van der Waals surface area (Å²) in [5.41, 5.74) is 1.25. The lowest BCUT2D eigenvalue weighted by Gasteiger charge is -2.14. The molecule has 100 valence electrons. The van der Waals surface area contributed by atoms with Gasteiger partial charge in [0.25, 0.3) is 0 Å². The zero-order valence-corrected chi connectivity index (χ0v) is 13.7. The topological polar surface area (TPSA) is 21.5 Å². The van der Waals surface area contributed by atoms with E-state index in [2.05, 4.69) is 23.0 Å². The van der Waals surface area contributed by atoms with Crippen LogP contribution in [0.5, 0.6) is 5.75 Å². The van der Waals surface area contributed by atoms with Gasteiger partial charge in [0.05, 0.1) is 12.7 Å². The predicted octanol–water partition coefficient (Wildman–Crippen LogP) is -1.15. The summed E-state index contributed by atoms with van der Waals surface area (Å²) < 4.78 is 12.9. The monoisotopic (exact) mass is 379 g/mol. The Bertz CT molecular complexity index is 398. The molecular formula is C13H18INO2S. The SMILES string of the molecule is COc1ccc(C(SC)=[N+]2CCOCC2)cc1.[I-]. The number of methoxy groups -OCH3 is 1. The molecule has 0 aliphatic carbocycles. The molecule has 1 heterocycles. The van der Waals surface area contributed by atoms with Gasteiger partial charge in [0.1, 0.15) is 19.0 Å². The van der Waals surface area contributed by atoms with Crippen LogP contribution in [-0.2, 0) is 4.74 Å². The van der Waals surface area contributed by atoms with Crippen molar-refractivity contribution in [2.45, 2.75) is 0 Å². The van der Waals surface area contributed by atoms with Gasteiger partial charge < -0.3 is 33.5 Å². The van der Waals surface area contributed by atoms with E-state index < -0.39 is 0 Å². The van der Waals surface area contributed by atoms with Gasteiger partial charge in [-0.1, -0.05) is 11.8 Å². The minimum absolute atomic E-state index is 0. The van der Waals surface area contributed by atoms with Crippen molar-refractivity contribution in [3.05, 3.63) is 29.8 Å². The molecule has 0 bridgehead atoms. The van der Waals surface area contributed by atoms with Crippen LogP contribution >= 0.6 is 11.8 Å². The van der Waals surface area contributed by atoms with E-state index in [0.717, 1.165) is 32.1 Å². The van der Waals surface area contributed by atoms with Gasteiger partial charge >= 0.3 is 0 Å². The van der Waals surface area contributed by atoms with Crippen LogP contribution in [0.3, 0.4) is 0 Å². The molecule has 1 aromatic carbocycles. The molecule has 18 heavy (non-hydrogen) atoms. The molecule has 1 aromatic rings. The van der Waals surface area contributed by atoms with Gasteiger partial charge in [0.2, 0.25) is 5.04 Å². The molecule has 2 rings (SSSR count). The summed E-state index contributed by atoms with van der Waals surface area (Å²) in [6.07, 6.45) is 2.12. The number of rotatable bonds is 2. The highest BCUT2D eigenvalue weighted by atomic mass is 127. The predicted molar refractivity (Wildman–Crippen MR) is 71.4 cm³/mol. The second kappa shape index (κ2) is 8.01. The van der Waals surface area contributed by atoms with Gasteiger partial charge in [-0.15, -0.1) is 0 Å². The fraction of sp³-hybridized carbons (Fsp3) is 0.462. The number of benzene rings is 1. The third-order valence-corrected chi connectivity index (χ3v) is 3.71. The molecule has 1 aliphatic heterocycles. The van der Waals surface area contributed by atoms with Gasteiger partial charge in [-0.3, -0.25) is 0 Å². The smallest absolute Gasteiger partial charge is 0.241 e. The Morgan fingerprint density at radius 3 is 2.33 bits per heavy atom. The Hall–Kier alpha value is -0.270. The van der Waals surface area contributed by atoms with Crippen molar-refractivity contribution >= 4 is 16.8 Å². The van der Waals surface area contributed by atoms with E-state index in [1.165, 1.54) is 10.6 Å². The summed E-state index contributed by atoms with van der Waals surface area (Å²) in [5.74, 6) is 0.899. The van der Waals surface area contributed by atoms with Gasteiger partial charge in [-0.2, -0.15) is 0 Å². The second-order valence-electron chi connectivity index (χ2n) is 3.84. The van der Waals surface area contributed by atoms with Crippen LogP contribution in [-0.4, -0.2) is 49.3 Å².